The molecule has 294 valence electrons. The second-order valence-electron chi connectivity index (χ2n) is 14.3. The lowest BCUT2D eigenvalue weighted by Crippen LogP contribution is -2.30. The van der Waals surface area contributed by atoms with Crippen molar-refractivity contribution < 1.29 is 28.5 Å². The van der Waals surface area contributed by atoms with Crippen molar-refractivity contribution in [2.75, 3.05) is 33.5 Å². The first-order chi connectivity index (χ1) is 23.6. The Morgan fingerprint density at radius 2 is 0.755 bits per heavy atom. The molecule has 0 aromatic carbocycles. The molecule has 0 fully saturated rings. The van der Waals surface area contributed by atoms with Gasteiger partial charge in [0.2, 0.25) is 0 Å². The third-order valence-corrected chi connectivity index (χ3v) is 9.43. The SMILES string of the molecule is C.CCCCCCCCCCCCCCCCCC(=O)OCC(COCCOC)OC(=O)CCCCCCCCCCCCCCCCC. The average molecular weight is 699 g/mol. The lowest BCUT2D eigenvalue weighted by Gasteiger charge is -2.18. The molecule has 0 aromatic heterocycles. The zero-order valence-corrected chi connectivity index (χ0v) is 32.5. The molecule has 0 N–H and O–H groups in total. The minimum absolute atomic E-state index is 0. The van der Waals surface area contributed by atoms with Crippen LogP contribution in [-0.2, 0) is 28.5 Å². The van der Waals surface area contributed by atoms with Gasteiger partial charge in [-0.25, -0.2) is 0 Å². The number of hydrogen-bond acceptors (Lipinski definition) is 6. The van der Waals surface area contributed by atoms with Crippen molar-refractivity contribution in [3.05, 3.63) is 0 Å². The highest BCUT2D eigenvalue weighted by Gasteiger charge is 2.17. The Hall–Kier alpha value is -1.14. The molecule has 0 saturated carbocycles. The summed E-state index contributed by atoms with van der Waals surface area (Å²) in [6.45, 7) is 5.69. The Bertz CT molecular complexity index is 654. The first-order valence-electron chi connectivity index (χ1n) is 21.1. The number of rotatable bonds is 40. The van der Waals surface area contributed by atoms with Crippen molar-refractivity contribution in [1.29, 1.82) is 0 Å². The molecular weight excluding hydrogens is 612 g/mol. The topological polar surface area (TPSA) is 71.1 Å². The molecule has 0 amide bonds. The van der Waals surface area contributed by atoms with Gasteiger partial charge in [-0.15, -0.1) is 0 Å². The summed E-state index contributed by atoms with van der Waals surface area (Å²) in [6, 6.07) is 0. The summed E-state index contributed by atoms with van der Waals surface area (Å²) in [4.78, 5) is 24.9. The van der Waals surface area contributed by atoms with Gasteiger partial charge in [0.05, 0.1) is 19.8 Å². The highest BCUT2D eigenvalue weighted by molar-refractivity contribution is 5.70. The van der Waals surface area contributed by atoms with Gasteiger partial charge >= 0.3 is 11.9 Å². The van der Waals surface area contributed by atoms with E-state index in [1.165, 1.54) is 167 Å². The Labute approximate surface area is 306 Å². The van der Waals surface area contributed by atoms with Crippen LogP contribution in [0.5, 0.6) is 0 Å². The van der Waals surface area contributed by atoms with E-state index in [-0.39, 0.29) is 32.6 Å². The fourth-order valence-corrected chi connectivity index (χ4v) is 6.26. The number of unbranched alkanes of at least 4 members (excludes halogenated alkanes) is 28. The first kappa shape index (κ1) is 50.0. The molecule has 0 radical (unpaired) electrons. The fraction of sp³-hybridized carbons (Fsp3) is 0.953. The molecule has 6 heteroatoms. The molecule has 0 aromatic rings. The highest BCUT2D eigenvalue weighted by atomic mass is 16.6. The molecule has 0 aliphatic carbocycles. The van der Waals surface area contributed by atoms with Crippen molar-refractivity contribution in [3.63, 3.8) is 0 Å². The van der Waals surface area contributed by atoms with Crippen molar-refractivity contribution in [2.45, 2.75) is 233 Å². The van der Waals surface area contributed by atoms with Crippen LogP contribution in [0.2, 0.25) is 0 Å². The highest BCUT2D eigenvalue weighted by Crippen LogP contribution is 2.16. The van der Waals surface area contributed by atoms with Crippen LogP contribution in [-0.4, -0.2) is 51.6 Å². The van der Waals surface area contributed by atoms with Crippen molar-refractivity contribution >= 4 is 11.9 Å². The van der Waals surface area contributed by atoms with Crippen LogP contribution in [0.3, 0.4) is 0 Å². The van der Waals surface area contributed by atoms with Crippen molar-refractivity contribution in [3.8, 4) is 0 Å². The van der Waals surface area contributed by atoms with Crippen LogP contribution in [0, 0.1) is 0 Å². The molecule has 0 spiro atoms. The van der Waals surface area contributed by atoms with E-state index in [4.69, 9.17) is 18.9 Å². The summed E-state index contributed by atoms with van der Waals surface area (Å²) in [6.07, 6.45) is 39.2. The van der Waals surface area contributed by atoms with E-state index in [0.29, 0.717) is 26.1 Å². The third kappa shape index (κ3) is 41.2. The summed E-state index contributed by atoms with van der Waals surface area (Å²) in [7, 11) is 1.62. The Kier molecular flexibility index (Phi) is 43.9. The van der Waals surface area contributed by atoms with Gasteiger partial charge in [0, 0.05) is 20.0 Å². The number of carbonyl (C=O) groups is 2. The van der Waals surface area contributed by atoms with E-state index in [0.717, 1.165) is 25.7 Å². The largest absolute Gasteiger partial charge is 0.462 e. The van der Waals surface area contributed by atoms with Crippen LogP contribution in [0.25, 0.3) is 0 Å². The second-order valence-corrected chi connectivity index (χ2v) is 14.3. The monoisotopic (exact) mass is 699 g/mol. The van der Waals surface area contributed by atoms with E-state index >= 15 is 0 Å². The smallest absolute Gasteiger partial charge is 0.306 e. The van der Waals surface area contributed by atoms with Gasteiger partial charge in [-0.1, -0.05) is 201 Å². The maximum Gasteiger partial charge on any atom is 0.306 e. The van der Waals surface area contributed by atoms with E-state index < -0.39 is 6.10 Å². The normalized spacial score (nSPS) is 11.7. The van der Waals surface area contributed by atoms with E-state index in [9.17, 15) is 9.59 Å². The van der Waals surface area contributed by atoms with Gasteiger partial charge in [0.15, 0.2) is 6.10 Å². The maximum atomic E-state index is 12.5. The summed E-state index contributed by atoms with van der Waals surface area (Å²) in [5.74, 6) is -0.450. The molecule has 0 bridgehead atoms. The van der Waals surface area contributed by atoms with Crippen molar-refractivity contribution in [1.82, 2.24) is 0 Å². The van der Waals surface area contributed by atoms with Crippen molar-refractivity contribution in [2.24, 2.45) is 0 Å². The average Bonchev–Trinajstić information content (AvgIpc) is 3.08. The third-order valence-electron chi connectivity index (χ3n) is 9.43. The number of hydrogen-bond donors (Lipinski definition) is 0. The summed E-state index contributed by atoms with van der Waals surface area (Å²) < 4.78 is 21.8. The zero-order chi connectivity index (χ0) is 35.0. The molecule has 1 atom stereocenters. The Morgan fingerprint density at radius 3 is 1.10 bits per heavy atom. The molecule has 0 rings (SSSR count). The van der Waals surface area contributed by atoms with Crippen LogP contribution < -0.4 is 0 Å². The zero-order valence-electron chi connectivity index (χ0n) is 32.5. The fourth-order valence-electron chi connectivity index (χ4n) is 6.26. The molecule has 0 aliphatic rings. The van der Waals surface area contributed by atoms with Gasteiger partial charge in [-0.3, -0.25) is 9.59 Å². The standard InChI is InChI=1S/C42H82O6.CH4/c1-4-6-8-10-12-14-16-18-20-22-24-26-28-30-32-34-41(43)47-39-40(38-46-37-36-45-3)48-42(44)35-33-31-29-27-25-23-21-19-17-15-13-11-9-7-5-2;/h40H,4-39H2,1-3H3;1H4. The summed E-state index contributed by atoms with van der Waals surface area (Å²) in [5, 5.41) is 0. The molecule has 0 heterocycles. The number of carbonyl (C=O) groups excluding carboxylic acids is 2. The molecule has 1 unspecified atom stereocenters. The Morgan fingerprint density at radius 1 is 0.429 bits per heavy atom. The van der Waals surface area contributed by atoms with Crippen LogP contribution in [0.1, 0.15) is 227 Å². The minimum Gasteiger partial charge on any atom is -0.462 e. The van der Waals surface area contributed by atoms with Crippen LogP contribution >= 0.6 is 0 Å². The quantitative estimate of drug-likeness (QED) is 0.0468. The predicted octanol–water partition coefficient (Wildman–Crippen LogP) is 13.3. The lowest BCUT2D eigenvalue weighted by atomic mass is 10.0. The molecule has 49 heavy (non-hydrogen) atoms. The van der Waals surface area contributed by atoms with Gasteiger partial charge in [0.1, 0.15) is 6.61 Å². The number of methoxy groups -OCH3 is 1. The van der Waals surface area contributed by atoms with E-state index in [1.807, 2.05) is 0 Å². The molecule has 0 aliphatic heterocycles. The van der Waals surface area contributed by atoms with E-state index in [2.05, 4.69) is 13.8 Å². The minimum atomic E-state index is -0.573. The number of ether oxygens (including phenoxy) is 4. The van der Waals surface area contributed by atoms with Crippen LogP contribution in [0.4, 0.5) is 0 Å². The number of esters is 2. The Balaban J connectivity index is 0. The maximum absolute atomic E-state index is 12.5. The van der Waals surface area contributed by atoms with Gasteiger partial charge in [0.25, 0.3) is 0 Å². The molecular formula is C43H86O6. The predicted molar refractivity (Wildman–Crippen MR) is 209 cm³/mol. The van der Waals surface area contributed by atoms with Gasteiger partial charge in [-0.2, -0.15) is 0 Å². The van der Waals surface area contributed by atoms with E-state index in [1.54, 1.807) is 7.11 Å². The molecule has 0 saturated heterocycles. The summed E-state index contributed by atoms with van der Waals surface area (Å²) in [5.41, 5.74) is 0. The lowest BCUT2D eigenvalue weighted by molar-refractivity contribution is -0.163. The molecule has 6 nitrogen and oxygen atoms in total. The van der Waals surface area contributed by atoms with Gasteiger partial charge in [-0.05, 0) is 12.8 Å². The van der Waals surface area contributed by atoms with Crippen LogP contribution in [0.15, 0.2) is 0 Å². The van der Waals surface area contributed by atoms with Gasteiger partial charge < -0.3 is 18.9 Å². The summed E-state index contributed by atoms with van der Waals surface area (Å²) >= 11 is 0. The second kappa shape index (κ2) is 43.0. The first-order valence-corrected chi connectivity index (χ1v) is 21.1.